The largest absolute Gasteiger partial charge is 0.506 e. The van der Waals surface area contributed by atoms with Gasteiger partial charge in [-0.2, -0.15) is 0 Å². The van der Waals surface area contributed by atoms with Gasteiger partial charge in [-0.3, -0.25) is 4.90 Å². The van der Waals surface area contributed by atoms with E-state index in [2.05, 4.69) is 10.2 Å². The van der Waals surface area contributed by atoms with Crippen LogP contribution in [0.3, 0.4) is 0 Å². The summed E-state index contributed by atoms with van der Waals surface area (Å²) in [5.41, 5.74) is 7.19. The maximum atomic E-state index is 11.5. The highest BCUT2D eigenvalue weighted by molar-refractivity contribution is 5.77. The molecule has 6 heteroatoms. The Balaban J connectivity index is 1.65. The van der Waals surface area contributed by atoms with Crippen LogP contribution in [0.25, 0.3) is 0 Å². The number of nitrogens with zero attached hydrogens (tertiary/aromatic N) is 2. The Bertz CT molecular complexity index is 505. The van der Waals surface area contributed by atoms with Gasteiger partial charge in [-0.25, -0.2) is 4.79 Å². The molecular formula is C13H18N4O2. The second-order valence-electron chi connectivity index (χ2n) is 5.16. The quantitative estimate of drug-likeness (QED) is 0.525. The van der Waals surface area contributed by atoms with E-state index in [0.29, 0.717) is 5.69 Å². The molecule has 3 rings (SSSR count). The lowest BCUT2D eigenvalue weighted by Crippen LogP contribution is -2.51. The number of nitrogens with one attached hydrogen (secondary N) is 1. The van der Waals surface area contributed by atoms with Crippen LogP contribution in [-0.2, 0) is 6.54 Å². The van der Waals surface area contributed by atoms with E-state index < -0.39 is 0 Å². The average molecular weight is 262 g/mol. The number of nitrogen functional groups attached to an aromatic ring is 1. The van der Waals surface area contributed by atoms with E-state index in [1.54, 1.807) is 12.1 Å². The van der Waals surface area contributed by atoms with Crippen molar-refractivity contribution in [2.75, 3.05) is 31.9 Å². The molecule has 19 heavy (non-hydrogen) atoms. The van der Waals surface area contributed by atoms with Gasteiger partial charge in [-0.15, -0.1) is 0 Å². The monoisotopic (exact) mass is 262 g/mol. The zero-order chi connectivity index (χ0) is 13.4. The number of hydrogen-bond donors (Lipinski definition) is 3. The average Bonchev–Trinajstić information content (AvgIpc) is 2.75. The van der Waals surface area contributed by atoms with Crippen molar-refractivity contribution < 1.29 is 9.90 Å². The van der Waals surface area contributed by atoms with E-state index in [-0.39, 0.29) is 17.8 Å². The highest BCUT2D eigenvalue weighted by Crippen LogP contribution is 2.22. The number of amides is 2. The lowest BCUT2D eigenvalue weighted by molar-refractivity contribution is 0.116. The van der Waals surface area contributed by atoms with E-state index in [1.165, 1.54) is 0 Å². The van der Waals surface area contributed by atoms with Gasteiger partial charge >= 0.3 is 6.03 Å². The van der Waals surface area contributed by atoms with Gasteiger partial charge in [0.25, 0.3) is 0 Å². The molecule has 1 atom stereocenters. The van der Waals surface area contributed by atoms with Crippen molar-refractivity contribution in [3.8, 4) is 5.75 Å². The highest BCUT2D eigenvalue weighted by atomic mass is 16.3. The van der Waals surface area contributed by atoms with Gasteiger partial charge in [0.15, 0.2) is 0 Å². The molecule has 6 nitrogen and oxygen atoms in total. The van der Waals surface area contributed by atoms with Gasteiger partial charge in [0, 0.05) is 32.7 Å². The van der Waals surface area contributed by atoms with Crippen LogP contribution < -0.4 is 11.1 Å². The minimum Gasteiger partial charge on any atom is -0.506 e. The van der Waals surface area contributed by atoms with E-state index in [9.17, 15) is 9.90 Å². The number of piperazine rings is 1. The van der Waals surface area contributed by atoms with Crippen molar-refractivity contribution in [1.29, 1.82) is 0 Å². The normalized spacial score (nSPS) is 23.3. The lowest BCUT2D eigenvalue weighted by Gasteiger charge is -2.36. The molecule has 1 aromatic rings. The summed E-state index contributed by atoms with van der Waals surface area (Å²) in [5, 5.41) is 12.3. The SMILES string of the molecule is Nc1cc(CN2CCN3C(=O)NCC3C2)ccc1O. The van der Waals surface area contributed by atoms with Gasteiger partial charge in [-0.1, -0.05) is 6.07 Å². The number of carbonyl (C=O) groups excluding carboxylic acids is 1. The third-order valence-electron chi connectivity index (χ3n) is 3.81. The third-order valence-corrected chi connectivity index (χ3v) is 3.81. The van der Waals surface area contributed by atoms with Crippen molar-refractivity contribution in [1.82, 2.24) is 15.1 Å². The Kier molecular flexibility index (Phi) is 2.94. The van der Waals surface area contributed by atoms with Gasteiger partial charge in [0.05, 0.1) is 11.7 Å². The van der Waals surface area contributed by atoms with Crippen LogP contribution in [0.15, 0.2) is 18.2 Å². The number of urea groups is 1. The summed E-state index contributed by atoms with van der Waals surface area (Å²) in [6.45, 7) is 4.03. The molecule has 0 saturated carbocycles. The van der Waals surface area contributed by atoms with Crippen LogP contribution in [0.2, 0.25) is 0 Å². The number of phenolic OH excluding ortho intramolecular Hbond substituents is 1. The first-order chi connectivity index (χ1) is 9.13. The highest BCUT2D eigenvalue weighted by Gasteiger charge is 2.35. The van der Waals surface area contributed by atoms with Crippen molar-refractivity contribution in [3.63, 3.8) is 0 Å². The molecule has 1 aromatic carbocycles. The summed E-state index contributed by atoms with van der Waals surface area (Å²) >= 11 is 0. The Morgan fingerprint density at radius 2 is 2.26 bits per heavy atom. The summed E-state index contributed by atoms with van der Waals surface area (Å²) in [4.78, 5) is 15.7. The van der Waals surface area contributed by atoms with E-state index in [4.69, 9.17) is 5.73 Å². The second kappa shape index (κ2) is 4.62. The summed E-state index contributed by atoms with van der Waals surface area (Å²) < 4.78 is 0. The molecule has 0 bridgehead atoms. The van der Waals surface area contributed by atoms with Crippen LogP contribution in [0.4, 0.5) is 10.5 Å². The van der Waals surface area contributed by atoms with E-state index in [1.807, 2.05) is 11.0 Å². The fourth-order valence-corrected chi connectivity index (χ4v) is 2.77. The number of benzene rings is 1. The number of fused-ring (bicyclic) bond motifs is 1. The fraction of sp³-hybridized carbons (Fsp3) is 0.462. The molecule has 2 aliphatic rings. The predicted molar refractivity (Wildman–Crippen MR) is 71.7 cm³/mol. The maximum absolute atomic E-state index is 11.5. The minimum absolute atomic E-state index is 0.0542. The van der Waals surface area contributed by atoms with E-state index >= 15 is 0 Å². The van der Waals surface area contributed by atoms with Crippen LogP contribution in [0.5, 0.6) is 5.75 Å². The Morgan fingerprint density at radius 1 is 1.42 bits per heavy atom. The van der Waals surface area contributed by atoms with Gasteiger partial charge < -0.3 is 21.1 Å². The van der Waals surface area contributed by atoms with Crippen LogP contribution in [0.1, 0.15) is 5.56 Å². The Morgan fingerprint density at radius 3 is 3.05 bits per heavy atom. The Hall–Kier alpha value is -1.95. The van der Waals surface area contributed by atoms with Crippen LogP contribution in [-0.4, -0.2) is 53.2 Å². The first-order valence-electron chi connectivity index (χ1n) is 6.47. The zero-order valence-electron chi connectivity index (χ0n) is 10.7. The lowest BCUT2D eigenvalue weighted by atomic mass is 10.1. The molecule has 2 aliphatic heterocycles. The number of aromatic hydroxyl groups is 1. The summed E-state index contributed by atoms with van der Waals surface area (Å²) in [6, 6.07) is 5.64. The smallest absolute Gasteiger partial charge is 0.317 e. The molecule has 0 aliphatic carbocycles. The molecule has 0 aromatic heterocycles. The first kappa shape index (κ1) is 12.1. The van der Waals surface area contributed by atoms with E-state index in [0.717, 1.165) is 38.3 Å². The second-order valence-corrected chi connectivity index (χ2v) is 5.16. The summed E-state index contributed by atoms with van der Waals surface area (Å²) in [5.74, 6) is 0.124. The molecule has 2 heterocycles. The van der Waals surface area contributed by atoms with Gasteiger partial charge in [0.2, 0.25) is 0 Å². The van der Waals surface area contributed by atoms with Gasteiger partial charge in [-0.05, 0) is 17.7 Å². The molecule has 1 unspecified atom stereocenters. The standard InChI is InChI=1S/C13H18N4O2/c14-11-5-9(1-2-12(11)18)7-16-3-4-17-10(8-16)6-15-13(17)19/h1-2,5,10,18H,3-4,6-8,14H2,(H,15,19). The molecule has 2 saturated heterocycles. The zero-order valence-corrected chi connectivity index (χ0v) is 10.7. The minimum atomic E-state index is 0.0542. The van der Waals surface area contributed by atoms with Crippen molar-refractivity contribution in [3.05, 3.63) is 23.8 Å². The summed E-state index contributed by atoms with van der Waals surface area (Å²) in [7, 11) is 0. The van der Waals surface area contributed by atoms with Gasteiger partial charge in [0.1, 0.15) is 5.75 Å². The molecular weight excluding hydrogens is 244 g/mol. The fourth-order valence-electron chi connectivity index (χ4n) is 2.77. The van der Waals surface area contributed by atoms with Crippen molar-refractivity contribution in [2.24, 2.45) is 0 Å². The molecule has 0 radical (unpaired) electrons. The Labute approximate surface area is 111 Å². The summed E-state index contributed by atoms with van der Waals surface area (Å²) in [6.07, 6.45) is 0. The number of hydrogen-bond acceptors (Lipinski definition) is 4. The molecule has 102 valence electrons. The van der Waals surface area contributed by atoms with Crippen LogP contribution in [0, 0.1) is 0 Å². The maximum Gasteiger partial charge on any atom is 0.317 e. The topological polar surface area (TPSA) is 81.8 Å². The number of phenols is 1. The number of carbonyl (C=O) groups is 1. The first-order valence-corrected chi connectivity index (χ1v) is 6.47. The molecule has 2 amide bonds. The molecule has 4 N–H and O–H groups in total. The third kappa shape index (κ3) is 2.31. The van der Waals surface area contributed by atoms with Crippen molar-refractivity contribution >= 4 is 11.7 Å². The molecule has 0 spiro atoms. The number of nitrogens with two attached hydrogens (primary N) is 1. The number of anilines is 1. The number of rotatable bonds is 2. The predicted octanol–water partition coefficient (Wildman–Crippen LogP) is 0.184. The van der Waals surface area contributed by atoms with Crippen molar-refractivity contribution in [2.45, 2.75) is 12.6 Å². The van der Waals surface area contributed by atoms with Crippen LogP contribution >= 0.6 is 0 Å². The molecule has 2 fully saturated rings.